The van der Waals surface area contributed by atoms with E-state index in [4.69, 9.17) is 0 Å². The fourth-order valence-corrected chi connectivity index (χ4v) is 2.29. The molecule has 16 heavy (non-hydrogen) atoms. The third kappa shape index (κ3) is 2.47. The summed E-state index contributed by atoms with van der Waals surface area (Å²) in [5, 5.41) is 7.82. The van der Waals surface area contributed by atoms with Gasteiger partial charge in [-0.3, -0.25) is 4.79 Å². The molecule has 1 aliphatic rings. The first-order valence-corrected chi connectivity index (χ1v) is 5.93. The summed E-state index contributed by atoms with van der Waals surface area (Å²) >= 11 is 0. The smallest absolute Gasteiger partial charge is 0.171 e. The van der Waals surface area contributed by atoms with E-state index in [9.17, 15) is 4.79 Å². The van der Waals surface area contributed by atoms with Crippen molar-refractivity contribution >= 4 is 6.29 Å². The fraction of sp³-hybridized carbons (Fsp3) is 0.727. The second-order valence-corrected chi connectivity index (χ2v) is 4.34. The Hall–Kier alpha value is -1.23. The summed E-state index contributed by atoms with van der Waals surface area (Å²) in [5.74, 6) is 0. The zero-order valence-corrected chi connectivity index (χ0v) is 9.67. The summed E-state index contributed by atoms with van der Waals surface area (Å²) in [6.07, 6.45) is 6.00. The summed E-state index contributed by atoms with van der Waals surface area (Å²) in [7, 11) is 0. The minimum Gasteiger partial charge on any atom is -0.301 e. The van der Waals surface area contributed by atoms with E-state index in [-0.39, 0.29) is 0 Å². The summed E-state index contributed by atoms with van der Waals surface area (Å²) < 4.78 is 1.84. The van der Waals surface area contributed by atoms with Crippen molar-refractivity contribution in [2.45, 2.75) is 32.2 Å². The Morgan fingerprint density at radius 2 is 2.50 bits per heavy atom. The average Bonchev–Trinajstić information content (AvgIpc) is 2.78. The number of likely N-dealkylation sites (tertiary alicyclic amines) is 1. The van der Waals surface area contributed by atoms with Crippen LogP contribution in [-0.4, -0.2) is 45.8 Å². The quantitative estimate of drug-likeness (QED) is 0.717. The van der Waals surface area contributed by atoms with Crippen molar-refractivity contribution in [3.63, 3.8) is 0 Å². The van der Waals surface area contributed by atoms with Gasteiger partial charge < -0.3 is 4.90 Å². The molecule has 0 radical (unpaired) electrons. The van der Waals surface area contributed by atoms with Crippen LogP contribution >= 0.6 is 0 Å². The molecule has 0 spiro atoms. The summed E-state index contributed by atoms with van der Waals surface area (Å²) in [6.45, 7) is 5.55. The Labute approximate surface area is 95.4 Å². The topological polar surface area (TPSA) is 51.0 Å². The van der Waals surface area contributed by atoms with E-state index >= 15 is 0 Å². The fourth-order valence-electron chi connectivity index (χ4n) is 2.29. The summed E-state index contributed by atoms with van der Waals surface area (Å²) in [6, 6.07) is 0.376. The zero-order chi connectivity index (χ0) is 11.4. The number of carbonyl (C=O) groups excluding carboxylic acids is 1. The zero-order valence-electron chi connectivity index (χ0n) is 9.67. The van der Waals surface area contributed by atoms with Crippen molar-refractivity contribution in [3.8, 4) is 0 Å². The van der Waals surface area contributed by atoms with Crippen LogP contribution in [0.5, 0.6) is 0 Å². The van der Waals surface area contributed by atoms with E-state index in [1.807, 2.05) is 4.68 Å². The van der Waals surface area contributed by atoms with Crippen molar-refractivity contribution in [3.05, 3.63) is 11.9 Å². The SMILES string of the molecule is CCCN1CCCC(n2cc(C=O)nn2)C1. The molecule has 1 saturated heterocycles. The predicted octanol–water partition coefficient (Wildman–Crippen LogP) is 1.14. The van der Waals surface area contributed by atoms with Gasteiger partial charge in [0, 0.05) is 6.54 Å². The molecule has 1 aromatic rings. The monoisotopic (exact) mass is 222 g/mol. The molecule has 0 saturated carbocycles. The lowest BCUT2D eigenvalue weighted by molar-refractivity contribution is 0.111. The highest BCUT2D eigenvalue weighted by atomic mass is 16.1. The maximum absolute atomic E-state index is 10.5. The van der Waals surface area contributed by atoms with E-state index in [1.165, 1.54) is 19.4 Å². The minimum absolute atomic E-state index is 0.376. The maximum Gasteiger partial charge on any atom is 0.171 e. The maximum atomic E-state index is 10.5. The molecular weight excluding hydrogens is 204 g/mol. The first kappa shape index (κ1) is 11.3. The largest absolute Gasteiger partial charge is 0.301 e. The van der Waals surface area contributed by atoms with E-state index < -0.39 is 0 Å². The predicted molar refractivity (Wildman–Crippen MR) is 60.4 cm³/mol. The Morgan fingerprint density at radius 3 is 3.19 bits per heavy atom. The van der Waals surface area contributed by atoms with E-state index in [0.717, 1.165) is 25.8 Å². The molecule has 1 atom stereocenters. The Kier molecular flexibility index (Phi) is 3.66. The number of hydrogen-bond acceptors (Lipinski definition) is 4. The van der Waals surface area contributed by atoms with Crippen molar-refractivity contribution < 1.29 is 4.79 Å². The van der Waals surface area contributed by atoms with Gasteiger partial charge in [-0.2, -0.15) is 0 Å². The van der Waals surface area contributed by atoms with Crippen molar-refractivity contribution in [2.75, 3.05) is 19.6 Å². The number of aldehydes is 1. The summed E-state index contributed by atoms with van der Waals surface area (Å²) in [4.78, 5) is 13.0. The van der Waals surface area contributed by atoms with Crippen LogP contribution in [-0.2, 0) is 0 Å². The van der Waals surface area contributed by atoms with Gasteiger partial charge in [-0.25, -0.2) is 4.68 Å². The van der Waals surface area contributed by atoms with Crippen LogP contribution in [0.25, 0.3) is 0 Å². The number of piperidine rings is 1. The molecule has 0 N–H and O–H groups in total. The molecule has 2 heterocycles. The molecule has 88 valence electrons. The normalized spacial score (nSPS) is 22.2. The van der Waals surface area contributed by atoms with Gasteiger partial charge in [-0.15, -0.1) is 5.10 Å². The van der Waals surface area contributed by atoms with Gasteiger partial charge >= 0.3 is 0 Å². The Balaban J connectivity index is 2.00. The molecule has 0 amide bonds. The highest BCUT2D eigenvalue weighted by molar-refractivity contribution is 5.70. The van der Waals surface area contributed by atoms with Crippen LogP contribution in [0, 0.1) is 0 Å². The van der Waals surface area contributed by atoms with E-state index in [0.29, 0.717) is 11.7 Å². The highest BCUT2D eigenvalue weighted by Crippen LogP contribution is 2.20. The molecule has 5 heteroatoms. The molecule has 5 nitrogen and oxygen atoms in total. The number of nitrogens with zero attached hydrogens (tertiary/aromatic N) is 4. The average molecular weight is 222 g/mol. The Bertz CT molecular complexity index is 348. The van der Waals surface area contributed by atoms with Crippen LogP contribution in [0.2, 0.25) is 0 Å². The molecular formula is C11H18N4O. The van der Waals surface area contributed by atoms with Gasteiger partial charge in [0.25, 0.3) is 0 Å². The van der Waals surface area contributed by atoms with Crippen LogP contribution in [0.4, 0.5) is 0 Å². The minimum atomic E-state index is 0.376. The standard InChI is InChI=1S/C11H18N4O/c1-2-5-14-6-3-4-11(8-14)15-7-10(9-16)12-13-15/h7,9,11H,2-6,8H2,1H3. The number of hydrogen-bond donors (Lipinski definition) is 0. The van der Waals surface area contributed by atoms with Gasteiger partial charge in [-0.1, -0.05) is 12.1 Å². The molecule has 0 aromatic carbocycles. The van der Waals surface area contributed by atoms with Crippen LogP contribution in [0.3, 0.4) is 0 Å². The van der Waals surface area contributed by atoms with Crippen molar-refractivity contribution in [1.82, 2.24) is 19.9 Å². The molecule has 1 fully saturated rings. The van der Waals surface area contributed by atoms with Crippen molar-refractivity contribution in [1.29, 1.82) is 0 Å². The molecule has 0 aliphatic carbocycles. The lowest BCUT2D eigenvalue weighted by Gasteiger charge is -2.32. The van der Waals surface area contributed by atoms with E-state index in [1.54, 1.807) is 6.20 Å². The van der Waals surface area contributed by atoms with Crippen LogP contribution in [0.1, 0.15) is 42.7 Å². The summed E-state index contributed by atoms with van der Waals surface area (Å²) in [5.41, 5.74) is 0.424. The molecule has 1 aliphatic heterocycles. The highest BCUT2D eigenvalue weighted by Gasteiger charge is 2.21. The van der Waals surface area contributed by atoms with Crippen LogP contribution < -0.4 is 0 Å². The van der Waals surface area contributed by atoms with Gasteiger partial charge in [-0.05, 0) is 32.4 Å². The number of carbonyl (C=O) groups is 1. The van der Waals surface area contributed by atoms with Gasteiger partial charge in [0.05, 0.1) is 12.2 Å². The number of rotatable bonds is 4. The third-order valence-corrected chi connectivity index (χ3v) is 3.04. The molecule has 1 aromatic heterocycles. The van der Waals surface area contributed by atoms with E-state index in [2.05, 4.69) is 22.1 Å². The van der Waals surface area contributed by atoms with Crippen molar-refractivity contribution in [2.24, 2.45) is 0 Å². The third-order valence-electron chi connectivity index (χ3n) is 3.04. The molecule has 1 unspecified atom stereocenters. The van der Waals surface area contributed by atoms with Gasteiger partial charge in [0.1, 0.15) is 5.69 Å². The molecule has 2 rings (SSSR count). The lowest BCUT2D eigenvalue weighted by atomic mass is 10.1. The second kappa shape index (κ2) is 5.21. The Morgan fingerprint density at radius 1 is 1.62 bits per heavy atom. The lowest BCUT2D eigenvalue weighted by Crippen LogP contribution is -2.37. The second-order valence-electron chi connectivity index (χ2n) is 4.34. The van der Waals surface area contributed by atoms with Crippen LogP contribution in [0.15, 0.2) is 6.20 Å². The number of aromatic nitrogens is 3. The van der Waals surface area contributed by atoms with Gasteiger partial charge in [0.15, 0.2) is 6.29 Å². The van der Waals surface area contributed by atoms with Gasteiger partial charge in [0.2, 0.25) is 0 Å². The first-order valence-electron chi connectivity index (χ1n) is 5.93. The first-order chi connectivity index (χ1) is 7.83. The molecule has 0 bridgehead atoms.